The van der Waals surface area contributed by atoms with E-state index in [4.69, 9.17) is 10.2 Å². The average Bonchev–Trinajstić information content (AvgIpc) is 3.53. The molecular weight excluding hydrogens is 766 g/mol. The number of hydrogen-bond acceptors (Lipinski definition) is 12. The molecular formula is C42H73N5O12. The Morgan fingerprint density at radius 3 is 1.98 bits per heavy atom. The Labute approximate surface area is 348 Å². The van der Waals surface area contributed by atoms with Crippen molar-refractivity contribution in [3.8, 4) is 0 Å². The number of aliphatic carboxylic acids is 3. The van der Waals surface area contributed by atoms with Crippen LogP contribution in [-0.2, 0) is 24.0 Å². The summed E-state index contributed by atoms with van der Waals surface area (Å²) in [5.41, 5.74) is -0.380. The molecule has 9 N–H and O–H groups in total. The fraction of sp³-hybridized carbons (Fsp3) is 0.881. The van der Waals surface area contributed by atoms with Gasteiger partial charge in [0.1, 0.15) is 0 Å². The molecule has 59 heavy (non-hydrogen) atoms. The molecule has 4 saturated carbocycles. The summed E-state index contributed by atoms with van der Waals surface area (Å²) in [6, 6.07) is 0.0263. The van der Waals surface area contributed by atoms with Gasteiger partial charge in [-0.1, -0.05) is 27.2 Å². The molecule has 0 aromatic rings. The van der Waals surface area contributed by atoms with Crippen molar-refractivity contribution >= 4 is 29.7 Å². The van der Waals surface area contributed by atoms with Crippen LogP contribution in [0.15, 0.2) is 0 Å². The highest BCUT2D eigenvalue weighted by Gasteiger charge is 2.65. The minimum absolute atomic E-state index is 0.00923. The number of carboxylic acids is 3. The summed E-state index contributed by atoms with van der Waals surface area (Å²) in [7, 11) is 0. The monoisotopic (exact) mass is 840 g/mol. The zero-order chi connectivity index (χ0) is 43.5. The number of carboxylic acid groups (broad SMARTS) is 3. The highest BCUT2D eigenvalue weighted by atomic mass is 16.4. The minimum atomic E-state index is -1.17. The fourth-order valence-corrected chi connectivity index (χ4v) is 11.8. The lowest BCUT2D eigenvalue weighted by Crippen LogP contribution is -2.63. The van der Waals surface area contributed by atoms with Crippen LogP contribution >= 0.6 is 0 Å². The van der Waals surface area contributed by atoms with Gasteiger partial charge in [-0.2, -0.15) is 0 Å². The summed E-state index contributed by atoms with van der Waals surface area (Å²) in [6.07, 6.45) is 7.95. The number of carbonyl (C=O) groups is 5. The summed E-state index contributed by atoms with van der Waals surface area (Å²) in [5, 5.41) is 76.1. The van der Waals surface area contributed by atoms with E-state index in [0.29, 0.717) is 45.1 Å². The summed E-state index contributed by atoms with van der Waals surface area (Å²) in [6.45, 7) is 6.06. The van der Waals surface area contributed by atoms with Crippen molar-refractivity contribution in [3.05, 3.63) is 0 Å². The fourth-order valence-electron chi connectivity index (χ4n) is 11.8. The molecule has 2 amide bonds. The second-order valence-electron chi connectivity index (χ2n) is 18.7. The van der Waals surface area contributed by atoms with Gasteiger partial charge in [0.15, 0.2) is 0 Å². The predicted molar refractivity (Wildman–Crippen MR) is 216 cm³/mol. The number of amides is 2. The van der Waals surface area contributed by atoms with Crippen molar-refractivity contribution in [2.75, 3.05) is 65.8 Å². The van der Waals surface area contributed by atoms with Crippen LogP contribution in [0.3, 0.4) is 0 Å². The van der Waals surface area contributed by atoms with Crippen LogP contribution in [0.4, 0.5) is 0 Å². The standard InChI is InChI=1S/C42H73N5O12/c1-27(8-11-37(54)55)30-9-10-31-40-32(21-34(51)42(30,31)3)41(2)13-12-29(19-28(41)20-33(40)50)44-35(52)7-5-4-6-14-43-36(53)22-45(16-18-47(25-48)26-49)15-17-46(23-38(56)57)24-39(58)59/h27-34,40,48-51H,4-26H2,1-3H3,(H,43,53)(H,44,52)(H,54,55)(H,56,57)(H,58,59). The van der Waals surface area contributed by atoms with Crippen LogP contribution in [0, 0.1) is 46.3 Å². The second kappa shape index (κ2) is 22.2. The Morgan fingerprint density at radius 2 is 1.36 bits per heavy atom. The van der Waals surface area contributed by atoms with Gasteiger partial charge in [0, 0.05) is 51.6 Å². The van der Waals surface area contributed by atoms with Crippen molar-refractivity contribution in [2.24, 2.45) is 46.3 Å². The van der Waals surface area contributed by atoms with Gasteiger partial charge in [0.25, 0.3) is 0 Å². The topological polar surface area (TPSA) is 261 Å². The molecule has 17 nitrogen and oxygen atoms in total. The van der Waals surface area contributed by atoms with Crippen LogP contribution in [0.2, 0.25) is 0 Å². The Balaban J connectivity index is 1.19. The number of fused-ring (bicyclic) bond motifs is 5. The van der Waals surface area contributed by atoms with Crippen LogP contribution in [0.5, 0.6) is 0 Å². The van der Waals surface area contributed by atoms with E-state index in [1.165, 1.54) is 9.80 Å². The zero-order valence-electron chi connectivity index (χ0n) is 35.5. The number of unbranched alkanes of at least 4 members (excludes halogenated alkanes) is 2. The highest BCUT2D eigenvalue weighted by molar-refractivity contribution is 5.78. The lowest BCUT2D eigenvalue weighted by molar-refractivity contribution is -0.202. The van der Waals surface area contributed by atoms with E-state index >= 15 is 0 Å². The summed E-state index contributed by atoms with van der Waals surface area (Å²) in [5.74, 6) is -2.27. The second-order valence-corrected chi connectivity index (χ2v) is 18.7. The molecule has 0 bridgehead atoms. The van der Waals surface area contributed by atoms with Gasteiger partial charge in [-0.25, -0.2) is 0 Å². The van der Waals surface area contributed by atoms with Crippen LogP contribution in [0.25, 0.3) is 0 Å². The maximum Gasteiger partial charge on any atom is 0.317 e. The largest absolute Gasteiger partial charge is 0.481 e. The van der Waals surface area contributed by atoms with Crippen molar-refractivity contribution in [2.45, 2.75) is 122 Å². The van der Waals surface area contributed by atoms with E-state index in [-0.39, 0.29) is 103 Å². The number of rotatable bonds is 25. The molecule has 0 spiro atoms. The first-order chi connectivity index (χ1) is 27.9. The molecule has 11 unspecified atom stereocenters. The third kappa shape index (κ3) is 12.8. The van der Waals surface area contributed by atoms with Gasteiger partial charge in [0.2, 0.25) is 11.8 Å². The van der Waals surface area contributed by atoms with E-state index in [2.05, 4.69) is 31.4 Å². The van der Waals surface area contributed by atoms with E-state index in [1.807, 2.05) is 0 Å². The number of carbonyl (C=O) groups excluding carboxylic acids is 2. The van der Waals surface area contributed by atoms with E-state index in [1.54, 1.807) is 4.90 Å². The van der Waals surface area contributed by atoms with Crippen molar-refractivity contribution in [3.63, 3.8) is 0 Å². The zero-order valence-corrected chi connectivity index (χ0v) is 35.5. The number of hydrogen-bond donors (Lipinski definition) is 9. The van der Waals surface area contributed by atoms with Gasteiger partial charge >= 0.3 is 17.9 Å². The van der Waals surface area contributed by atoms with Gasteiger partial charge < -0.3 is 46.4 Å². The third-order valence-corrected chi connectivity index (χ3v) is 15.1. The molecule has 0 aromatic carbocycles. The number of aliphatic hydroxyl groups excluding tert-OH is 4. The van der Waals surface area contributed by atoms with Gasteiger partial charge in [-0.05, 0) is 111 Å². The molecule has 4 aliphatic rings. The molecule has 17 heteroatoms. The third-order valence-electron chi connectivity index (χ3n) is 15.1. The maximum absolute atomic E-state index is 13.1. The lowest BCUT2D eigenvalue weighted by Gasteiger charge is -2.63. The predicted octanol–water partition coefficient (Wildman–Crippen LogP) is 1.22. The molecule has 11 atom stereocenters. The van der Waals surface area contributed by atoms with E-state index in [0.717, 1.165) is 38.5 Å². The quantitative estimate of drug-likeness (QED) is 0.0463. The molecule has 0 saturated heterocycles. The van der Waals surface area contributed by atoms with Crippen LogP contribution in [0.1, 0.15) is 104 Å². The normalized spacial score (nSPS) is 32.0. The lowest BCUT2D eigenvalue weighted by atomic mass is 9.43. The summed E-state index contributed by atoms with van der Waals surface area (Å²) >= 11 is 0. The molecule has 0 radical (unpaired) electrons. The van der Waals surface area contributed by atoms with Gasteiger partial charge in [-0.15, -0.1) is 0 Å². The van der Waals surface area contributed by atoms with E-state index in [9.17, 15) is 49.5 Å². The van der Waals surface area contributed by atoms with Crippen LogP contribution < -0.4 is 10.6 Å². The summed E-state index contributed by atoms with van der Waals surface area (Å²) < 4.78 is 0. The molecule has 4 rings (SSSR count). The smallest absolute Gasteiger partial charge is 0.317 e. The molecule has 338 valence electrons. The SMILES string of the molecule is CC(CCC(=O)O)C1CCC2C3C(O)CC4CC(NC(=O)CCCCCNC(=O)CN(CCN(CO)CO)CCN(CC(=O)O)CC(=O)O)CCC4(C)C3CC(O)C12C. The minimum Gasteiger partial charge on any atom is -0.481 e. The number of aliphatic hydroxyl groups is 4. The van der Waals surface area contributed by atoms with Gasteiger partial charge in [-0.3, -0.25) is 38.7 Å². The van der Waals surface area contributed by atoms with Gasteiger partial charge in [0.05, 0.1) is 45.3 Å². The van der Waals surface area contributed by atoms with E-state index < -0.39 is 56.7 Å². The average molecular weight is 840 g/mol. The Hall–Kier alpha value is -2.93. The first kappa shape index (κ1) is 48.7. The molecule has 0 aromatic heterocycles. The van der Waals surface area contributed by atoms with Crippen LogP contribution in [-0.4, -0.2) is 164 Å². The molecule has 0 aliphatic heterocycles. The van der Waals surface area contributed by atoms with Crippen molar-refractivity contribution in [1.29, 1.82) is 0 Å². The first-order valence-corrected chi connectivity index (χ1v) is 21.9. The number of nitrogens with zero attached hydrogens (tertiary/aromatic N) is 3. The number of nitrogens with one attached hydrogen (secondary N) is 2. The van der Waals surface area contributed by atoms with Crippen molar-refractivity contribution in [1.82, 2.24) is 25.3 Å². The summed E-state index contributed by atoms with van der Waals surface area (Å²) in [4.78, 5) is 63.9. The maximum atomic E-state index is 13.1. The molecule has 0 heterocycles. The first-order valence-electron chi connectivity index (χ1n) is 21.9. The Bertz CT molecular complexity index is 1400. The molecule has 4 fully saturated rings. The Kier molecular flexibility index (Phi) is 18.4. The Morgan fingerprint density at radius 1 is 0.712 bits per heavy atom. The van der Waals surface area contributed by atoms with Crippen molar-refractivity contribution < 1.29 is 59.7 Å². The molecule has 4 aliphatic carbocycles. The highest BCUT2D eigenvalue weighted by Crippen LogP contribution is 2.68.